The average molecular weight is 180 g/mol. The summed E-state index contributed by atoms with van der Waals surface area (Å²) in [6.07, 6.45) is 8.94. The number of rotatable bonds is 1. The minimum atomic E-state index is 0.829. The lowest BCUT2D eigenvalue weighted by Gasteiger charge is -2.13. The quantitative estimate of drug-likeness (QED) is 0.623. The molecule has 0 bridgehead atoms. The molecule has 1 aliphatic heterocycles. The van der Waals surface area contributed by atoms with Gasteiger partial charge in [-0.15, -0.1) is 0 Å². The van der Waals surface area contributed by atoms with Gasteiger partial charge in [0.05, 0.1) is 0 Å². The van der Waals surface area contributed by atoms with Crippen molar-refractivity contribution in [1.82, 2.24) is 5.01 Å². The fourth-order valence-corrected chi connectivity index (χ4v) is 3.84. The third-order valence-electron chi connectivity index (χ3n) is 4.68. The van der Waals surface area contributed by atoms with Gasteiger partial charge in [0.2, 0.25) is 0 Å². The first-order valence-corrected chi connectivity index (χ1v) is 5.80. The van der Waals surface area contributed by atoms with Crippen molar-refractivity contribution in [3.8, 4) is 0 Å². The molecule has 0 amide bonds. The van der Waals surface area contributed by atoms with Crippen molar-refractivity contribution in [1.29, 1.82) is 0 Å². The van der Waals surface area contributed by atoms with E-state index >= 15 is 0 Å². The first-order valence-electron chi connectivity index (χ1n) is 5.80. The zero-order valence-electron chi connectivity index (χ0n) is 8.34. The van der Waals surface area contributed by atoms with Gasteiger partial charge >= 0.3 is 0 Å². The highest BCUT2D eigenvalue weighted by atomic mass is 15.4. The van der Waals surface area contributed by atoms with Gasteiger partial charge in [0.15, 0.2) is 0 Å². The van der Waals surface area contributed by atoms with E-state index in [1.54, 1.807) is 0 Å². The van der Waals surface area contributed by atoms with Crippen LogP contribution in [-0.2, 0) is 0 Å². The molecule has 1 heterocycles. The van der Waals surface area contributed by atoms with Crippen molar-refractivity contribution in [3.05, 3.63) is 0 Å². The van der Waals surface area contributed by atoms with Crippen LogP contribution < -0.4 is 5.84 Å². The molecule has 2 nitrogen and oxygen atoms in total. The number of nitrogens with zero attached hydrogens (tertiary/aromatic N) is 1. The molecule has 2 unspecified atom stereocenters. The van der Waals surface area contributed by atoms with Crippen LogP contribution in [0.15, 0.2) is 0 Å². The van der Waals surface area contributed by atoms with Gasteiger partial charge in [0.25, 0.3) is 0 Å². The molecule has 2 aliphatic carbocycles. The lowest BCUT2D eigenvalue weighted by atomic mass is 9.93. The molecule has 0 aromatic rings. The van der Waals surface area contributed by atoms with Crippen LogP contribution in [0.1, 0.15) is 38.5 Å². The first kappa shape index (κ1) is 8.25. The molecule has 0 aromatic heterocycles. The summed E-state index contributed by atoms with van der Waals surface area (Å²) in [7, 11) is 0. The van der Waals surface area contributed by atoms with Gasteiger partial charge < -0.3 is 0 Å². The molecule has 2 atom stereocenters. The molecule has 2 heteroatoms. The number of hydrogen-bond donors (Lipinski definition) is 1. The lowest BCUT2D eigenvalue weighted by Crippen LogP contribution is -2.28. The van der Waals surface area contributed by atoms with E-state index in [4.69, 9.17) is 5.84 Å². The van der Waals surface area contributed by atoms with E-state index in [0.717, 1.165) is 23.8 Å². The maximum Gasteiger partial charge on any atom is 0.0160 e. The molecular formula is C11H20N2. The highest BCUT2D eigenvalue weighted by Gasteiger charge is 2.58. The van der Waals surface area contributed by atoms with E-state index in [1.807, 2.05) is 5.01 Å². The zero-order valence-corrected chi connectivity index (χ0v) is 8.34. The van der Waals surface area contributed by atoms with Crippen molar-refractivity contribution in [2.24, 2.45) is 23.1 Å². The molecule has 3 aliphatic rings. The Kier molecular flexibility index (Phi) is 1.72. The molecule has 2 N–H and O–H groups in total. The molecule has 3 rings (SSSR count). The molecule has 1 spiro atoms. The number of nitrogens with two attached hydrogens (primary N) is 1. The van der Waals surface area contributed by atoms with Crippen molar-refractivity contribution in [2.45, 2.75) is 38.5 Å². The Hall–Kier alpha value is -0.0800. The van der Waals surface area contributed by atoms with E-state index in [-0.39, 0.29) is 0 Å². The van der Waals surface area contributed by atoms with E-state index in [2.05, 4.69) is 0 Å². The van der Waals surface area contributed by atoms with E-state index in [0.29, 0.717) is 0 Å². The Bertz CT molecular complexity index is 208. The molecule has 13 heavy (non-hydrogen) atoms. The minimum Gasteiger partial charge on any atom is -0.269 e. The summed E-state index contributed by atoms with van der Waals surface area (Å²) in [6.45, 7) is 2.31. The summed E-state index contributed by atoms with van der Waals surface area (Å²) < 4.78 is 0. The predicted octanol–water partition coefficient (Wildman–Crippen LogP) is 1.76. The van der Waals surface area contributed by atoms with E-state index < -0.39 is 0 Å². The molecule has 3 fully saturated rings. The van der Waals surface area contributed by atoms with Crippen LogP contribution in [0.25, 0.3) is 0 Å². The van der Waals surface area contributed by atoms with Gasteiger partial charge in [-0.05, 0) is 42.9 Å². The fourth-order valence-electron chi connectivity index (χ4n) is 3.84. The summed E-state index contributed by atoms with van der Waals surface area (Å²) in [6, 6.07) is 0. The Morgan fingerprint density at radius 2 is 2.00 bits per heavy atom. The largest absolute Gasteiger partial charge is 0.269 e. The minimum absolute atomic E-state index is 0.829. The van der Waals surface area contributed by atoms with Crippen LogP contribution in [0, 0.1) is 17.3 Å². The van der Waals surface area contributed by atoms with Gasteiger partial charge in [0.1, 0.15) is 0 Å². The van der Waals surface area contributed by atoms with Crippen LogP contribution in [0.3, 0.4) is 0 Å². The predicted molar refractivity (Wildman–Crippen MR) is 52.9 cm³/mol. The first-order chi connectivity index (χ1) is 6.30. The summed E-state index contributed by atoms with van der Waals surface area (Å²) in [5.74, 6) is 7.82. The van der Waals surface area contributed by atoms with Crippen LogP contribution in [0.5, 0.6) is 0 Å². The van der Waals surface area contributed by atoms with Gasteiger partial charge in [-0.1, -0.05) is 12.8 Å². The van der Waals surface area contributed by atoms with E-state index in [1.165, 1.54) is 45.1 Å². The third kappa shape index (κ3) is 1.23. The second kappa shape index (κ2) is 2.71. The number of hydrazine groups is 1. The van der Waals surface area contributed by atoms with Gasteiger partial charge in [-0.3, -0.25) is 5.84 Å². The molecule has 0 radical (unpaired) electrons. The van der Waals surface area contributed by atoms with Crippen LogP contribution in [-0.4, -0.2) is 18.1 Å². The average Bonchev–Trinajstić information content (AvgIpc) is 2.50. The van der Waals surface area contributed by atoms with Gasteiger partial charge in [0, 0.05) is 13.1 Å². The Morgan fingerprint density at radius 1 is 1.23 bits per heavy atom. The van der Waals surface area contributed by atoms with Crippen LogP contribution in [0.2, 0.25) is 0 Å². The SMILES string of the molecule is NN1CCC(C2CC23CCCC3)C1. The van der Waals surface area contributed by atoms with Crippen molar-refractivity contribution >= 4 is 0 Å². The second-order valence-electron chi connectivity index (χ2n) is 5.42. The lowest BCUT2D eigenvalue weighted by molar-refractivity contribution is 0.310. The van der Waals surface area contributed by atoms with Gasteiger partial charge in [-0.2, -0.15) is 0 Å². The number of hydrogen-bond acceptors (Lipinski definition) is 2. The topological polar surface area (TPSA) is 29.3 Å². The maximum atomic E-state index is 5.81. The Labute approximate surface area is 80.4 Å². The molecule has 0 aromatic carbocycles. The Morgan fingerprint density at radius 3 is 2.62 bits per heavy atom. The molecular weight excluding hydrogens is 160 g/mol. The van der Waals surface area contributed by atoms with E-state index in [9.17, 15) is 0 Å². The normalized spacial score (nSPS) is 43.2. The highest BCUT2D eigenvalue weighted by Crippen LogP contribution is 2.66. The van der Waals surface area contributed by atoms with Crippen LogP contribution >= 0.6 is 0 Å². The van der Waals surface area contributed by atoms with Crippen molar-refractivity contribution in [2.75, 3.05) is 13.1 Å². The fraction of sp³-hybridized carbons (Fsp3) is 1.00. The third-order valence-corrected chi connectivity index (χ3v) is 4.68. The second-order valence-corrected chi connectivity index (χ2v) is 5.42. The zero-order chi connectivity index (χ0) is 8.89. The molecule has 74 valence electrons. The Balaban J connectivity index is 1.63. The standard InChI is InChI=1S/C11H20N2/c12-13-6-3-9(8-13)10-7-11(10)4-1-2-5-11/h9-10H,1-8,12H2. The summed E-state index contributed by atoms with van der Waals surface area (Å²) >= 11 is 0. The molecule has 1 saturated heterocycles. The smallest absolute Gasteiger partial charge is 0.0160 e. The van der Waals surface area contributed by atoms with Crippen molar-refractivity contribution in [3.63, 3.8) is 0 Å². The maximum absolute atomic E-state index is 5.81. The molecule has 2 saturated carbocycles. The highest BCUT2D eigenvalue weighted by molar-refractivity contribution is 5.08. The summed E-state index contributed by atoms with van der Waals surface area (Å²) in [5, 5.41) is 2.02. The van der Waals surface area contributed by atoms with Gasteiger partial charge in [-0.25, -0.2) is 5.01 Å². The summed E-state index contributed by atoms with van der Waals surface area (Å²) in [5.41, 5.74) is 0.829. The summed E-state index contributed by atoms with van der Waals surface area (Å²) in [4.78, 5) is 0. The monoisotopic (exact) mass is 180 g/mol. The van der Waals surface area contributed by atoms with Crippen LogP contribution in [0.4, 0.5) is 0 Å². The van der Waals surface area contributed by atoms with Crippen molar-refractivity contribution < 1.29 is 0 Å².